The lowest BCUT2D eigenvalue weighted by atomic mass is 9.79. The minimum atomic E-state index is -0.899. The van der Waals surface area contributed by atoms with E-state index in [1.807, 2.05) is 20.8 Å². The first-order valence-electron chi connectivity index (χ1n) is 6.90. The van der Waals surface area contributed by atoms with Crippen LogP contribution in [0.1, 0.15) is 27.2 Å². The minimum absolute atomic E-state index is 0.154. The lowest BCUT2D eigenvalue weighted by Gasteiger charge is -2.32. The SMILES string of the molecule is CC(C)(C)N1CC(C(=O)O)[C@H](C2CC=C(F)C=C2F)C1. The summed E-state index contributed by atoms with van der Waals surface area (Å²) in [6.45, 7) is 6.99. The molecule has 2 unspecified atom stereocenters. The highest BCUT2D eigenvalue weighted by Gasteiger charge is 2.46. The lowest BCUT2D eigenvalue weighted by molar-refractivity contribution is -0.143. The molecule has 1 saturated heterocycles. The van der Waals surface area contributed by atoms with Crippen LogP contribution < -0.4 is 0 Å². The zero-order valence-electron chi connectivity index (χ0n) is 12.1. The van der Waals surface area contributed by atoms with Crippen molar-refractivity contribution in [2.45, 2.75) is 32.7 Å². The van der Waals surface area contributed by atoms with Gasteiger partial charge in [-0.05, 0) is 39.2 Å². The van der Waals surface area contributed by atoms with Crippen LogP contribution >= 0.6 is 0 Å². The first-order valence-corrected chi connectivity index (χ1v) is 6.90. The molecule has 1 N–H and O–H groups in total. The van der Waals surface area contributed by atoms with E-state index < -0.39 is 29.5 Å². The summed E-state index contributed by atoms with van der Waals surface area (Å²) in [5.41, 5.74) is -0.154. The number of carboxylic acid groups (broad SMARTS) is 1. The molecule has 1 fully saturated rings. The van der Waals surface area contributed by atoms with E-state index in [4.69, 9.17) is 0 Å². The molecule has 0 aromatic carbocycles. The average molecular weight is 285 g/mol. The van der Waals surface area contributed by atoms with Gasteiger partial charge >= 0.3 is 5.97 Å². The third-order valence-electron chi connectivity index (χ3n) is 4.34. The van der Waals surface area contributed by atoms with Gasteiger partial charge < -0.3 is 5.11 Å². The van der Waals surface area contributed by atoms with Crippen LogP contribution in [0.3, 0.4) is 0 Å². The van der Waals surface area contributed by atoms with E-state index >= 15 is 0 Å². The molecule has 2 rings (SSSR count). The number of hydrogen-bond donors (Lipinski definition) is 1. The summed E-state index contributed by atoms with van der Waals surface area (Å²) in [6, 6.07) is 0. The number of allylic oxidation sites excluding steroid dienone is 4. The van der Waals surface area contributed by atoms with Gasteiger partial charge in [-0.15, -0.1) is 0 Å². The smallest absolute Gasteiger partial charge is 0.308 e. The van der Waals surface area contributed by atoms with E-state index in [9.17, 15) is 18.7 Å². The standard InChI is InChI=1S/C15H21F2NO2/c1-15(2,3)18-7-11(12(8-18)14(19)20)10-5-4-9(16)6-13(10)17/h4,6,10-12H,5,7-8H2,1-3H3,(H,19,20)/t10?,11-,12?/m0/s1. The first-order chi connectivity index (χ1) is 9.20. The molecule has 0 aromatic rings. The predicted molar refractivity (Wildman–Crippen MR) is 72.4 cm³/mol. The van der Waals surface area contributed by atoms with Crippen LogP contribution in [0.2, 0.25) is 0 Å². The van der Waals surface area contributed by atoms with Crippen molar-refractivity contribution in [2.24, 2.45) is 17.8 Å². The molecule has 0 saturated carbocycles. The van der Waals surface area contributed by atoms with Gasteiger partial charge in [-0.2, -0.15) is 0 Å². The Bertz CT molecular complexity index is 465. The lowest BCUT2D eigenvalue weighted by Crippen LogP contribution is -2.40. The van der Waals surface area contributed by atoms with E-state index in [2.05, 4.69) is 4.90 Å². The van der Waals surface area contributed by atoms with Crippen LogP contribution in [0.25, 0.3) is 0 Å². The molecule has 0 bridgehead atoms. The zero-order chi connectivity index (χ0) is 15.1. The van der Waals surface area contributed by atoms with Crippen molar-refractivity contribution in [1.82, 2.24) is 4.90 Å². The van der Waals surface area contributed by atoms with E-state index in [0.29, 0.717) is 13.1 Å². The molecule has 1 aliphatic carbocycles. The Morgan fingerprint density at radius 3 is 2.50 bits per heavy atom. The fourth-order valence-electron chi connectivity index (χ4n) is 3.07. The van der Waals surface area contributed by atoms with Crippen molar-refractivity contribution in [3.63, 3.8) is 0 Å². The second-order valence-corrected chi connectivity index (χ2v) is 6.64. The molecule has 3 nitrogen and oxygen atoms in total. The van der Waals surface area contributed by atoms with Gasteiger partial charge in [0.05, 0.1) is 5.92 Å². The van der Waals surface area contributed by atoms with Crippen LogP contribution in [-0.4, -0.2) is 34.6 Å². The fourth-order valence-corrected chi connectivity index (χ4v) is 3.07. The Labute approximate surface area is 118 Å². The Balaban J connectivity index is 2.21. The van der Waals surface area contributed by atoms with Gasteiger partial charge in [0, 0.05) is 30.6 Å². The maximum atomic E-state index is 14.0. The van der Waals surface area contributed by atoms with Crippen LogP contribution in [0.15, 0.2) is 23.8 Å². The summed E-state index contributed by atoms with van der Waals surface area (Å²) in [6.07, 6.45) is 2.46. The topological polar surface area (TPSA) is 40.5 Å². The van der Waals surface area contributed by atoms with Gasteiger partial charge in [0.25, 0.3) is 0 Å². The molecule has 1 heterocycles. The maximum Gasteiger partial charge on any atom is 0.308 e. The predicted octanol–water partition coefficient (Wildman–Crippen LogP) is 3.14. The normalized spacial score (nSPS) is 31.9. The number of likely N-dealkylation sites (tertiary alicyclic amines) is 1. The third-order valence-corrected chi connectivity index (χ3v) is 4.34. The van der Waals surface area contributed by atoms with Crippen molar-refractivity contribution in [1.29, 1.82) is 0 Å². The number of hydrogen-bond acceptors (Lipinski definition) is 2. The van der Waals surface area contributed by atoms with Crippen molar-refractivity contribution in [3.8, 4) is 0 Å². The quantitative estimate of drug-likeness (QED) is 0.847. The number of aliphatic carboxylic acids is 1. The molecule has 0 amide bonds. The van der Waals surface area contributed by atoms with Crippen LogP contribution in [-0.2, 0) is 4.79 Å². The number of rotatable bonds is 2. The Hall–Kier alpha value is -1.23. The summed E-state index contributed by atoms with van der Waals surface area (Å²) in [4.78, 5) is 13.5. The molecule has 0 spiro atoms. The number of carbonyl (C=O) groups is 1. The first kappa shape index (κ1) is 15.2. The van der Waals surface area contributed by atoms with Gasteiger partial charge in [0.1, 0.15) is 11.7 Å². The third kappa shape index (κ3) is 2.92. The highest BCUT2D eigenvalue weighted by Crippen LogP contribution is 2.41. The second kappa shape index (κ2) is 5.28. The Kier molecular flexibility index (Phi) is 4.00. The Morgan fingerprint density at radius 1 is 1.35 bits per heavy atom. The molecule has 3 atom stereocenters. The van der Waals surface area contributed by atoms with E-state index in [1.165, 1.54) is 6.08 Å². The molecule has 0 aromatic heterocycles. The number of halogens is 2. The molecule has 0 radical (unpaired) electrons. The molecular formula is C15H21F2NO2. The highest BCUT2D eigenvalue weighted by atomic mass is 19.1. The molecular weight excluding hydrogens is 264 g/mol. The van der Waals surface area contributed by atoms with Crippen LogP contribution in [0.5, 0.6) is 0 Å². The van der Waals surface area contributed by atoms with Gasteiger partial charge in [-0.3, -0.25) is 9.69 Å². The fraction of sp³-hybridized carbons (Fsp3) is 0.667. The summed E-state index contributed by atoms with van der Waals surface area (Å²) in [7, 11) is 0. The van der Waals surface area contributed by atoms with E-state index in [1.54, 1.807) is 0 Å². The molecule has 112 valence electrons. The number of carboxylic acids is 1. The molecule has 20 heavy (non-hydrogen) atoms. The molecule has 1 aliphatic heterocycles. The summed E-state index contributed by atoms with van der Waals surface area (Å²) in [5.74, 6) is -3.44. The van der Waals surface area contributed by atoms with Gasteiger partial charge in [0.15, 0.2) is 0 Å². The second-order valence-electron chi connectivity index (χ2n) is 6.64. The average Bonchev–Trinajstić information content (AvgIpc) is 2.73. The summed E-state index contributed by atoms with van der Waals surface area (Å²) >= 11 is 0. The van der Waals surface area contributed by atoms with Crippen LogP contribution in [0.4, 0.5) is 8.78 Å². The summed E-state index contributed by atoms with van der Waals surface area (Å²) < 4.78 is 27.0. The highest BCUT2D eigenvalue weighted by molar-refractivity contribution is 5.71. The van der Waals surface area contributed by atoms with Crippen molar-refractivity contribution in [2.75, 3.05) is 13.1 Å². The maximum absolute atomic E-state index is 14.0. The van der Waals surface area contributed by atoms with Gasteiger partial charge in [-0.1, -0.05) is 0 Å². The minimum Gasteiger partial charge on any atom is -0.481 e. The van der Waals surface area contributed by atoms with E-state index in [0.717, 1.165) is 6.08 Å². The van der Waals surface area contributed by atoms with Crippen molar-refractivity contribution in [3.05, 3.63) is 23.8 Å². The largest absolute Gasteiger partial charge is 0.481 e. The van der Waals surface area contributed by atoms with E-state index in [-0.39, 0.29) is 17.9 Å². The van der Waals surface area contributed by atoms with Crippen molar-refractivity contribution >= 4 is 5.97 Å². The number of nitrogens with zero attached hydrogens (tertiary/aromatic N) is 1. The van der Waals surface area contributed by atoms with Gasteiger partial charge in [-0.25, -0.2) is 8.78 Å². The summed E-state index contributed by atoms with van der Waals surface area (Å²) in [5, 5.41) is 9.38. The zero-order valence-corrected chi connectivity index (χ0v) is 12.1. The van der Waals surface area contributed by atoms with Gasteiger partial charge in [0.2, 0.25) is 0 Å². The molecule has 2 aliphatic rings. The monoisotopic (exact) mass is 285 g/mol. The van der Waals surface area contributed by atoms with Crippen molar-refractivity contribution < 1.29 is 18.7 Å². The molecule has 5 heteroatoms. The Morgan fingerprint density at radius 2 is 2.00 bits per heavy atom. The van der Waals surface area contributed by atoms with Crippen LogP contribution in [0, 0.1) is 17.8 Å².